The second-order valence-corrected chi connectivity index (χ2v) is 6.85. The quantitative estimate of drug-likeness (QED) is 0.869. The molecule has 0 unspecified atom stereocenters. The first-order valence-electron chi connectivity index (χ1n) is 7.54. The van der Waals surface area contributed by atoms with Crippen LogP contribution in [0.15, 0.2) is 17.5 Å². The highest BCUT2D eigenvalue weighted by Gasteiger charge is 2.30. The molecule has 0 spiro atoms. The zero-order valence-electron chi connectivity index (χ0n) is 12.8. The van der Waals surface area contributed by atoms with Crippen molar-refractivity contribution >= 4 is 23.2 Å². The minimum atomic E-state index is -0.760. The molecule has 1 aromatic heterocycles. The van der Waals surface area contributed by atoms with E-state index in [0.717, 1.165) is 12.8 Å². The normalized spacial score (nSPS) is 26.9. The summed E-state index contributed by atoms with van der Waals surface area (Å²) in [4.78, 5) is 24.5. The summed E-state index contributed by atoms with van der Waals surface area (Å²) in [5.41, 5.74) is 0. The smallest absolute Gasteiger partial charge is 0.349 e. The maximum atomic E-state index is 12.2. The molecule has 1 aliphatic rings. The van der Waals surface area contributed by atoms with E-state index in [1.165, 1.54) is 17.8 Å². The Morgan fingerprint density at radius 3 is 2.81 bits per heavy atom. The van der Waals surface area contributed by atoms with Crippen molar-refractivity contribution < 1.29 is 14.3 Å². The first-order valence-corrected chi connectivity index (χ1v) is 8.42. The molecule has 21 heavy (non-hydrogen) atoms. The average molecular weight is 309 g/mol. The second-order valence-electron chi connectivity index (χ2n) is 5.91. The lowest BCUT2D eigenvalue weighted by atomic mass is 9.78. The number of carbonyl (C=O) groups excluding carboxylic acids is 2. The fourth-order valence-electron chi connectivity index (χ4n) is 2.75. The molecule has 1 amide bonds. The molecule has 0 aliphatic heterocycles. The van der Waals surface area contributed by atoms with Crippen molar-refractivity contribution in [2.24, 2.45) is 11.8 Å². The Balaban J connectivity index is 1.86. The Morgan fingerprint density at radius 2 is 2.14 bits per heavy atom. The van der Waals surface area contributed by atoms with Gasteiger partial charge in [-0.15, -0.1) is 11.3 Å². The number of ether oxygens (including phenoxy) is 1. The number of carbonyl (C=O) groups is 2. The molecule has 4 nitrogen and oxygen atoms in total. The Morgan fingerprint density at radius 1 is 1.38 bits per heavy atom. The van der Waals surface area contributed by atoms with Crippen LogP contribution in [0.4, 0.5) is 0 Å². The van der Waals surface area contributed by atoms with Gasteiger partial charge in [0.25, 0.3) is 5.91 Å². The van der Waals surface area contributed by atoms with Gasteiger partial charge in [0.2, 0.25) is 0 Å². The molecule has 4 atom stereocenters. The summed E-state index contributed by atoms with van der Waals surface area (Å²) in [6.07, 6.45) is 2.60. The summed E-state index contributed by atoms with van der Waals surface area (Å²) in [7, 11) is 0. The monoisotopic (exact) mass is 309 g/mol. The first kappa shape index (κ1) is 16.0. The van der Waals surface area contributed by atoms with Gasteiger partial charge in [-0.25, -0.2) is 4.79 Å². The van der Waals surface area contributed by atoms with Gasteiger partial charge in [-0.3, -0.25) is 4.79 Å². The number of rotatable bonds is 4. The maximum absolute atomic E-state index is 12.2. The van der Waals surface area contributed by atoms with Gasteiger partial charge in [0.05, 0.1) is 0 Å². The predicted molar refractivity (Wildman–Crippen MR) is 83.3 cm³/mol. The highest BCUT2D eigenvalue weighted by molar-refractivity contribution is 7.11. The van der Waals surface area contributed by atoms with E-state index in [-0.39, 0.29) is 11.9 Å². The van der Waals surface area contributed by atoms with Crippen molar-refractivity contribution in [2.75, 3.05) is 0 Å². The molecule has 1 aromatic rings. The van der Waals surface area contributed by atoms with Crippen LogP contribution in [0.1, 0.15) is 49.7 Å². The largest absolute Gasteiger partial charge is 0.448 e. The van der Waals surface area contributed by atoms with Gasteiger partial charge in [0.15, 0.2) is 6.10 Å². The van der Waals surface area contributed by atoms with Crippen LogP contribution in [0.2, 0.25) is 0 Å². The number of hydrogen-bond acceptors (Lipinski definition) is 4. The molecule has 0 aromatic carbocycles. The van der Waals surface area contributed by atoms with Gasteiger partial charge in [-0.05, 0) is 36.6 Å². The third-order valence-electron chi connectivity index (χ3n) is 4.41. The van der Waals surface area contributed by atoms with Crippen LogP contribution < -0.4 is 5.32 Å². The van der Waals surface area contributed by atoms with E-state index in [1.807, 2.05) is 5.38 Å². The first-order chi connectivity index (χ1) is 9.99. The van der Waals surface area contributed by atoms with Gasteiger partial charge >= 0.3 is 5.97 Å². The van der Waals surface area contributed by atoms with Crippen molar-refractivity contribution in [2.45, 2.75) is 52.2 Å². The topological polar surface area (TPSA) is 55.4 Å². The maximum Gasteiger partial charge on any atom is 0.349 e. The number of thiophene rings is 1. The average Bonchev–Trinajstić information content (AvgIpc) is 2.98. The SMILES string of the molecule is C[C@@H]1[C@H](C)CCC[C@@H]1NC(=O)[C@@H](C)OC(=O)c1cccs1. The molecule has 0 bridgehead atoms. The highest BCUT2D eigenvalue weighted by Crippen LogP contribution is 2.29. The molecule has 1 saturated carbocycles. The van der Waals surface area contributed by atoms with E-state index in [0.29, 0.717) is 16.7 Å². The summed E-state index contributed by atoms with van der Waals surface area (Å²) in [6, 6.07) is 3.67. The van der Waals surface area contributed by atoms with Crippen molar-refractivity contribution in [3.63, 3.8) is 0 Å². The summed E-state index contributed by atoms with van der Waals surface area (Å²) in [5, 5.41) is 4.85. The molecule has 2 rings (SSSR count). The Kier molecular flexibility index (Phi) is 5.39. The van der Waals surface area contributed by atoms with Crippen molar-refractivity contribution in [1.29, 1.82) is 0 Å². The molecule has 5 heteroatoms. The lowest BCUT2D eigenvalue weighted by molar-refractivity contribution is -0.130. The molecular formula is C16H23NO3S. The van der Waals surface area contributed by atoms with Crippen LogP contribution in [0.5, 0.6) is 0 Å². The minimum Gasteiger partial charge on any atom is -0.448 e. The minimum absolute atomic E-state index is 0.184. The fraction of sp³-hybridized carbons (Fsp3) is 0.625. The molecular weight excluding hydrogens is 286 g/mol. The van der Waals surface area contributed by atoms with Crippen LogP contribution >= 0.6 is 11.3 Å². The van der Waals surface area contributed by atoms with E-state index in [9.17, 15) is 9.59 Å². The van der Waals surface area contributed by atoms with E-state index in [1.54, 1.807) is 19.1 Å². The molecule has 116 valence electrons. The standard InChI is InChI=1S/C16H23NO3S/c1-10-6-4-7-13(11(10)2)17-15(18)12(3)20-16(19)14-8-5-9-21-14/h5,8-13H,4,6-7H2,1-3H3,(H,17,18)/t10-,11-,12-,13+/m1/s1. The highest BCUT2D eigenvalue weighted by atomic mass is 32.1. The van der Waals surface area contributed by atoms with Crippen molar-refractivity contribution in [1.82, 2.24) is 5.32 Å². The lowest BCUT2D eigenvalue weighted by Crippen LogP contribution is -2.47. The Labute approximate surface area is 129 Å². The summed E-state index contributed by atoms with van der Waals surface area (Å²) < 4.78 is 5.22. The number of hydrogen-bond donors (Lipinski definition) is 1. The molecule has 1 heterocycles. The van der Waals surface area contributed by atoms with Crippen LogP contribution in [0.3, 0.4) is 0 Å². The predicted octanol–water partition coefficient (Wildman–Crippen LogP) is 3.23. The molecule has 0 saturated heterocycles. The zero-order valence-corrected chi connectivity index (χ0v) is 13.6. The number of esters is 1. The van der Waals surface area contributed by atoms with Crippen molar-refractivity contribution in [3.05, 3.63) is 22.4 Å². The van der Waals surface area contributed by atoms with Gasteiger partial charge in [0.1, 0.15) is 4.88 Å². The third-order valence-corrected chi connectivity index (χ3v) is 5.26. The lowest BCUT2D eigenvalue weighted by Gasteiger charge is -2.35. The van der Waals surface area contributed by atoms with Gasteiger partial charge < -0.3 is 10.1 Å². The summed E-state index contributed by atoms with van der Waals surface area (Å²) in [6.45, 7) is 6.03. The Hall–Kier alpha value is -1.36. The van der Waals surface area contributed by atoms with Crippen LogP contribution in [0, 0.1) is 11.8 Å². The van der Waals surface area contributed by atoms with Crippen LogP contribution in [0.25, 0.3) is 0 Å². The zero-order chi connectivity index (χ0) is 15.4. The summed E-state index contributed by atoms with van der Waals surface area (Å²) >= 11 is 1.31. The van der Waals surface area contributed by atoms with Crippen molar-refractivity contribution in [3.8, 4) is 0 Å². The van der Waals surface area contributed by atoms with Gasteiger partial charge in [-0.2, -0.15) is 0 Å². The number of amides is 1. The van der Waals surface area contributed by atoms with Crippen LogP contribution in [-0.4, -0.2) is 24.0 Å². The van der Waals surface area contributed by atoms with E-state index < -0.39 is 12.1 Å². The molecule has 1 N–H and O–H groups in total. The molecule has 1 aliphatic carbocycles. The Bertz CT molecular complexity index is 486. The molecule has 0 radical (unpaired) electrons. The van der Waals surface area contributed by atoms with Crippen LogP contribution in [-0.2, 0) is 9.53 Å². The van der Waals surface area contributed by atoms with E-state index in [4.69, 9.17) is 4.74 Å². The fourth-order valence-corrected chi connectivity index (χ4v) is 3.36. The molecule has 1 fully saturated rings. The van der Waals surface area contributed by atoms with E-state index in [2.05, 4.69) is 19.2 Å². The second kappa shape index (κ2) is 7.07. The van der Waals surface area contributed by atoms with Gasteiger partial charge in [0, 0.05) is 6.04 Å². The third kappa shape index (κ3) is 4.06. The van der Waals surface area contributed by atoms with E-state index >= 15 is 0 Å². The summed E-state index contributed by atoms with van der Waals surface area (Å²) in [5.74, 6) is 0.444. The van der Waals surface area contributed by atoms with Gasteiger partial charge in [-0.1, -0.05) is 32.8 Å². The number of nitrogens with one attached hydrogen (secondary N) is 1.